The molecule has 2 rings (SSSR count). The van der Waals surface area contributed by atoms with Crippen molar-refractivity contribution < 1.29 is 14.7 Å². The first-order chi connectivity index (χ1) is 8.99. The second-order valence-electron chi connectivity index (χ2n) is 5.04. The highest BCUT2D eigenvalue weighted by atomic mass is 32.1. The molecule has 1 aromatic rings. The number of carboxylic acids is 1. The maximum absolute atomic E-state index is 12.2. The molecule has 1 aromatic heterocycles. The minimum absolute atomic E-state index is 0.258. The Morgan fingerprint density at radius 2 is 2.32 bits per heavy atom. The highest BCUT2D eigenvalue weighted by Gasteiger charge is 2.46. The van der Waals surface area contributed by atoms with Gasteiger partial charge in [0.2, 0.25) is 0 Å². The first-order valence-corrected chi connectivity index (χ1v) is 7.12. The van der Waals surface area contributed by atoms with Gasteiger partial charge in [-0.15, -0.1) is 5.10 Å². The molecule has 0 saturated heterocycles. The minimum atomic E-state index is -0.875. The zero-order valence-electron chi connectivity index (χ0n) is 11.0. The van der Waals surface area contributed by atoms with Gasteiger partial charge < -0.3 is 10.4 Å². The first-order valence-electron chi connectivity index (χ1n) is 6.34. The third-order valence-electron chi connectivity index (χ3n) is 3.85. The average Bonchev–Trinajstić information content (AvgIpc) is 2.97. The van der Waals surface area contributed by atoms with E-state index in [9.17, 15) is 14.7 Å². The van der Waals surface area contributed by atoms with Gasteiger partial charge in [-0.3, -0.25) is 9.59 Å². The fraction of sp³-hybridized carbons (Fsp3) is 0.667. The van der Waals surface area contributed by atoms with Crippen LogP contribution in [0.5, 0.6) is 0 Å². The summed E-state index contributed by atoms with van der Waals surface area (Å²) in [7, 11) is 0. The van der Waals surface area contributed by atoms with Gasteiger partial charge >= 0.3 is 5.97 Å². The highest BCUT2D eigenvalue weighted by molar-refractivity contribution is 7.08. The predicted octanol–water partition coefficient (Wildman–Crippen LogP) is 1.47. The van der Waals surface area contributed by atoms with Crippen LogP contribution in [0, 0.1) is 5.41 Å². The number of amides is 1. The number of nitrogens with zero attached hydrogens (tertiary/aromatic N) is 2. The van der Waals surface area contributed by atoms with Gasteiger partial charge in [-0.1, -0.05) is 17.8 Å². The molecular weight excluding hydrogens is 266 g/mol. The summed E-state index contributed by atoms with van der Waals surface area (Å²) in [6, 6.07) is -0.329. The number of aliphatic carboxylic acids is 1. The Morgan fingerprint density at radius 1 is 1.58 bits per heavy atom. The topological polar surface area (TPSA) is 92.2 Å². The molecule has 2 unspecified atom stereocenters. The van der Waals surface area contributed by atoms with E-state index in [2.05, 4.69) is 14.9 Å². The van der Waals surface area contributed by atoms with Crippen LogP contribution in [0.4, 0.5) is 0 Å². The number of rotatable bonds is 4. The molecule has 7 heteroatoms. The Kier molecular flexibility index (Phi) is 3.84. The molecule has 0 aromatic carbocycles. The summed E-state index contributed by atoms with van der Waals surface area (Å²) in [5.74, 6) is -1.11. The van der Waals surface area contributed by atoms with Gasteiger partial charge in [-0.2, -0.15) is 0 Å². The van der Waals surface area contributed by atoms with Crippen LogP contribution in [-0.4, -0.2) is 32.6 Å². The molecule has 1 aliphatic rings. The molecule has 6 nitrogen and oxygen atoms in total. The molecule has 0 bridgehead atoms. The Labute approximate surface area is 115 Å². The molecule has 19 heavy (non-hydrogen) atoms. The van der Waals surface area contributed by atoms with Gasteiger partial charge in [0.15, 0.2) is 0 Å². The van der Waals surface area contributed by atoms with E-state index in [1.54, 1.807) is 6.92 Å². The fourth-order valence-corrected chi connectivity index (χ4v) is 3.14. The van der Waals surface area contributed by atoms with Crippen LogP contribution in [0.15, 0.2) is 0 Å². The van der Waals surface area contributed by atoms with Gasteiger partial charge in [-0.05, 0) is 37.7 Å². The lowest BCUT2D eigenvalue weighted by atomic mass is 9.85. The summed E-state index contributed by atoms with van der Waals surface area (Å²) in [6.45, 7) is 3.60. The SMILES string of the molecule is CCc1nnsc1C(=O)NC1CCCC1(C)C(=O)O. The fourth-order valence-electron chi connectivity index (χ4n) is 2.49. The van der Waals surface area contributed by atoms with Crippen molar-refractivity contribution in [2.75, 3.05) is 0 Å². The van der Waals surface area contributed by atoms with E-state index in [0.29, 0.717) is 29.8 Å². The van der Waals surface area contributed by atoms with Crippen LogP contribution < -0.4 is 5.32 Å². The minimum Gasteiger partial charge on any atom is -0.481 e. The molecule has 1 fully saturated rings. The largest absolute Gasteiger partial charge is 0.481 e. The van der Waals surface area contributed by atoms with Crippen molar-refractivity contribution in [3.63, 3.8) is 0 Å². The van der Waals surface area contributed by atoms with Crippen LogP contribution in [0.1, 0.15) is 48.5 Å². The molecule has 2 N–H and O–H groups in total. The van der Waals surface area contributed by atoms with Crippen molar-refractivity contribution >= 4 is 23.4 Å². The summed E-state index contributed by atoms with van der Waals surface area (Å²) >= 11 is 1.05. The van der Waals surface area contributed by atoms with Crippen LogP contribution in [0.25, 0.3) is 0 Å². The third-order valence-corrected chi connectivity index (χ3v) is 4.62. The number of hydrogen-bond donors (Lipinski definition) is 2. The quantitative estimate of drug-likeness (QED) is 0.873. The lowest BCUT2D eigenvalue weighted by Gasteiger charge is -2.27. The molecule has 1 amide bonds. The second-order valence-corrected chi connectivity index (χ2v) is 5.80. The number of aromatic nitrogens is 2. The normalized spacial score (nSPS) is 26.3. The van der Waals surface area contributed by atoms with Crippen LogP contribution >= 0.6 is 11.5 Å². The van der Waals surface area contributed by atoms with E-state index in [4.69, 9.17) is 0 Å². The number of carbonyl (C=O) groups excluding carboxylic acids is 1. The molecule has 2 atom stereocenters. The average molecular weight is 283 g/mol. The Hall–Kier alpha value is -1.50. The second kappa shape index (κ2) is 5.24. The lowest BCUT2D eigenvalue weighted by molar-refractivity contribution is -0.148. The van der Waals surface area contributed by atoms with E-state index in [1.807, 2.05) is 6.92 Å². The van der Waals surface area contributed by atoms with Crippen LogP contribution in [-0.2, 0) is 11.2 Å². The molecule has 104 valence electrons. The molecular formula is C12H17N3O3S. The van der Waals surface area contributed by atoms with Crippen molar-refractivity contribution in [1.29, 1.82) is 0 Å². The number of nitrogens with one attached hydrogen (secondary N) is 1. The zero-order chi connectivity index (χ0) is 14.0. The molecule has 1 saturated carbocycles. The van der Waals surface area contributed by atoms with Crippen molar-refractivity contribution in [2.45, 2.75) is 45.6 Å². The number of aryl methyl sites for hydroxylation is 1. The molecule has 1 heterocycles. The molecule has 0 radical (unpaired) electrons. The lowest BCUT2D eigenvalue weighted by Crippen LogP contribution is -2.47. The van der Waals surface area contributed by atoms with Crippen molar-refractivity contribution in [2.24, 2.45) is 5.41 Å². The summed E-state index contributed by atoms with van der Waals surface area (Å²) in [4.78, 5) is 24.0. The maximum Gasteiger partial charge on any atom is 0.311 e. The van der Waals surface area contributed by atoms with Gasteiger partial charge in [-0.25, -0.2) is 0 Å². The number of carbonyl (C=O) groups is 2. The maximum atomic E-state index is 12.2. The predicted molar refractivity (Wildman–Crippen MR) is 70.1 cm³/mol. The summed E-state index contributed by atoms with van der Waals surface area (Å²) in [5, 5.41) is 16.0. The van der Waals surface area contributed by atoms with Gasteiger partial charge in [0.05, 0.1) is 11.1 Å². The Bertz CT molecular complexity index is 502. The van der Waals surface area contributed by atoms with E-state index >= 15 is 0 Å². The van der Waals surface area contributed by atoms with Crippen molar-refractivity contribution in [3.8, 4) is 0 Å². The van der Waals surface area contributed by atoms with E-state index in [1.165, 1.54) is 0 Å². The number of hydrogen-bond acceptors (Lipinski definition) is 5. The third kappa shape index (κ3) is 2.47. The van der Waals surface area contributed by atoms with E-state index in [0.717, 1.165) is 18.0 Å². The summed E-state index contributed by atoms with van der Waals surface area (Å²) in [5.41, 5.74) is -0.210. The monoisotopic (exact) mass is 283 g/mol. The van der Waals surface area contributed by atoms with Crippen molar-refractivity contribution in [3.05, 3.63) is 10.6 Å². The van der Waals surface area contributed by atoms with Gasteiger partial charge in [0.1, 0.15) is 4.88 Å². The van der Waals surface area contributed by atoms with Crippen LogP contribution in [0.2, 0.25) is 0 Å². The Balaban J connectivity index is 2.13. The number of carboxylic acid groups (broad SMARTS) is 1. The van der Waals surface area contributed by atoms with E-state index < -0.39 is 11.4 Å². The van der Waals surface area contributed by atoms with E-state index in [-0.39, 0.29) is 11.9 Å². The van der Waals surface area contributed by atoms with Crippen LogP contribution in [0.3, 0.4) is 0 Å². The standard InChI is InChI=1S/C12H17N3O3S/c1-3-7-9(19-15-14-7)10(16)13-8-5-4-6-12(8,2)11(17)18/h8H,3-6H2,1-2H3,(H,13,16)(H,17,18). The first kappa shape index (κ1) is 13.9. The van der Waals surface area contributed by atoms with Crippen molar-refractivity contribution in [1.82, 2.24) is 14.9 Å². The van der Waals surface area contributed by atoms with Gasteiger partial charge in [0.25, 0.3) is 5.91 Å². The Morgan fingerprint density at radius 3 is 2.95 bits per heavy atom. The highest BCUT2D eigenvalue weighted by Crippen LogP contribution is 2.38. The summed E-state index contributed by atoms with van der Waals surface area (Å²) in [6.07, 6.45) is 2.74. The molecule has 1 aliphatic carbocycles. The molecule has 0 spiro atoms. The summed E-state index contributed by atoms with van der Waals surface area (Å²) < 4.78 is 3.77. The van der Waals surface area contributed by atoms with Gasteiger partial charge in [0, 0.05) is 6.04 Å². The smallest absolute Gasteiger partial charge is 0.311 e. The molecule has 0 aliphatic heterocycles. The zero-order valence-corrected chi connectivity index (χ0v) is 11.8.